The van der Waals surface area contributed by atoms with Gasteiger partial charge in [0, 0.05) is 43.4 Å². The number of piperidine rings is 1. The van der Waals surface area contributed by atoms with Gasteiger partial charge < -0.3 is 9.32 Å². The van der Waals surface area contributed by atoms with E-state index in [2.05, 4.69) is 32.8 Å². The molecule has 2 fully saturated rings. The standard InChI is InChI=1S/C21H29N5O/c1-15-12-20(23-14-22-15)26(16-6-7-16)17-8-10-25(11-9-17)13-21-24-18-4-2-3-5-19(18)27-21/h12,14,16-17H,2-11,13H2,1H3. The zero-order valence-corrected chi connectivity index (χ0v) is 16.2. The van der Waals surface area contributed by atoms with Crippen molar-refractivity contribution in [1.29, 1.82) is 0 Å². The minimum absolute atomic E-state index is 0.584. The average Bonchev–Trinajstić information content (AvgIpc) is 3.42. The van der Waals surface area contributed by atoms with Crippen LogP contribution in [0.1, 0.15) is 61.6 Å². The molecule has 0 aromatic carbocycles. The molecule has 3 aliphatic rings. The fraction of sp³-hybridized carbons (Fsp3) is 0.667. The smallest absolute Gasteiger partial charge is 0.208 e. The Kier molecular flexibility index (Phi) is 4.60. The summed E-state index contributed by atoms with van der Waals surface area (Å²) in [5.41, 5.74) is 2.26. The van der Waals surface area contributed by atoms with Crippen molar-refractivity contribution in [3.8, 4) is 0 Å². The summed E-state index contributed by atoms with van der Waals surface area (Å²) in [7, 11) is 0. The van der Waals surface area contributed by atoms with E-state index in [9.17, 15) is 0 Å². The number of anilines is 1. The summed E-state index contributed by atoms with van der Waals surface area (Å²) < 4.78 is 6.03. The van der Waals surface area contributed by atoms with Gasteiger partial charge in [0.15, 0.2) is 0 Å². The molecule has 144 valence electrons. The molecule has 6 nitrogen and oxygen atoms in total. The molecule has 27 heavy (non-hydrogen) atoms. The first kappa shape index (κ1) is 17.2. The summed E-state index contributed by atoms with van der Waals surface area (Å²) in [6, 6.07) is 3.40. The predicted octanol–water partition coefficient (Wildman–Crippen LogP) is 3.29. The average molecular weight is 367 g/mol. The molecule has 0 unspecified atom stereocenters. The quantitative estimate of drug-likeness (QED) is 0.808. The Morgan fingerprint density at radius 2 is 1.85 bits per heavy atom. The van der Waals surface area contributed by atoms with Gasteiger partial charge in [-0.15, -0.1) is 0 Å². The first-order valence-corrected chi connectivity index (χ1v) is 10.5. The highest BCUT2D eigenvalue weighted by Gasteiger charge is 2.36. The van der Waals surface area contributed by atoms with Crippen molar-refractivity contribution >= 4 is 5.82 Å². The molecule has 1 saturated heterocycles. The van der Waals surface area contributed by atoms with Crippen molar-refractivity contribution in [2.45, 2.75) is 76.9 Å². The van der Waals surface area contributed by atoms with Gasteiger partial charge in [-0.3, -0.25) is 4.90 Å². The second-order valence-electron chi connectivity index (χ2n) is 8.35. The van der Waals surface area contributed by atoms with E-state index in [-0.39, 0.29) is 0 Å². The van der Waals surface area contributed by atoms with E-state index in [0.717, 1.165) is 55.6 Å². The fourth-order valence-corrected chi connectivity index (χ4v) is 4.63. The van der Waals surface area contributed by atoms with Gasteiger partial charge in [-0.25, -0.2) is 15.0 Å². The fourth-order valence-electron chi connectivity index (χ4n) is 4.63. The Labute approximate surface area is 161 Å². The van der Waals surface area contributed by atoms with Gasteiger partial charge >= 0.3 is 0 Å². The molecular weight excluding hydrogens is 338 g/mol. The van der Waals surface area contributed by atoms with Gasteiger partial charge in [0.25, 0.3) is 0 Å². The van der Waals surface area contributed by atoms with Crippen molar-refractivity contribution in [1.82, 2.24) is 19.9 Å². The zero-order valence-electron chi connectivity index (χ0n) is 16.2. The first-order chi connectivity index (χ1) is 13.3. The van der Waals surface area contributed by atoms with Crippen LogP contribution in [0.3, 0.4) is 0 Å². The molecule has 0 spiro atoms. The third kappa shape index (κ3) is 3.72. The number of hydrogen-bond donors (Lipinski definition) is 0. The number of aromatic nitrogens is 3. The van der Waals surface area contributed by atoms with E-state index in [0.29, 0.717) is 12.1 Å². The third-order valence-corrected chi connectivity index (χ3v) is 6.19. The molecule has 2 aromatic heterocycles. The topological polar surface area (TPSA) is 58.3 Å². The molecule has 6 heteroatoms. The van der Waals surface area contributed by atoms with Gasteiger partial charge in [-0.05, 0) is 51.9 Å². The van der Waals surface area contributed by atoms with Crippen molar-refractivity contribution in [3.63, 3.8) is 0 Å². The van der Waals surface area contributed by atoms with E-state index in [1.165, 1.54) is 44.2 Å². The van der Waals surface area contributed by atoms with E-state index in [1.54, 1.807) is 6.33 Å². The molecule has 0 N–H and O–H groups in total. The van der Waals surface area contributed by atoms with Crippen LogP contribution in [-0.4, -0.2) is 45.0 Å². The lowest BCUT2D eigenvalue weighted by atomic mass is 10.0. The molecule has 0 radical (unpaired) electrons. The minimum Gasteiger partial charge on any atom is -0.444 e. The Morgan fingerprint density at radius 3 is 2.59 bits per heavy atom. The maximum absolute atomic E-state index is 6.03. The number of likely N-dealkylation sites (tertiary alicyclic amines) is 1. The molecule has 1 saturated carbocycles. The molecule has 0 bridgehead atoms. The summed E-state index contributed by atoms with van der Waals surface area (Å²) in [5.74, 6) is 3.18. The van der Waals surface area contributed by atoms with E-state index in [4.69, 9.17) is 9.40 Å². The molecule has 0 atom stereocenters. The van der Waals surface area contributed by atoms with Crippen LogP contribution < -0.4 is 4.90 Å². The van der Waals surface area contributed by atoms with Gasteiger partial charge in [0.05, 0.1) is 12.2 Å². The van der Waals surface area contributed by atoms with Gasteiger partial charge in [-0.2, -0.15) is 0 Å². The third-order valence-electron chi connectivity index (χ3n) is 6.19. The first-order valence-electron chi connectivity index (χ1n) is 10.5. The maximum atomic E-state index is 6.03. The summed E-state index contributed by atoms with van der Waals surface area (Å²) in [6.07, 6.45) is 11.3. The lowest BCUT2D eigenvalue weighted by Gasteiger charge is -2.39. The van der Waals surface area contributed by atoms with Crippen LogP contribution in [0.5, 0.6) is 0 Å². The Morgan fingerprint density at radius 1 is 1.07 bits per heavy atom. The molecule has 5 rings (SSSR count). The number of hydrogen-bond acceptors (Lipinski definition) is 6. The van der Waals surface area contributed by atoms with E-state index < -0.39 is 0 Å². The number of aryl methyl sites for hydroxylation is 3. The molecular formula is C21H29N5O. The highest BCUT2D eigenvalue weighted by atomic mass is 16.4. The Hall–Kier alpha value is -1.95. The van der Waals surface area contributed by atoms with Crippen LogP contribution in [0.15, 0.2) is 16.8 Å². The van der Waals surface area contributed by atoms with Crippen LogP contribution in [-0.2, 0) is 19.4 Å². The van der Waals surface area contributed by atoms with Crippen LogP contribution >= 0.6 is 0 Å². The van der Waals surface area contributed by atoms with Crippen LogP contribution in [0.4, 0.5) is 5.82 Å². The number of oxazole rings is 1. The normalized spacial score (nSPS) is 21.2. The van der Waals surface area contributed by atoms with Gasteiger partial charge in [-0.1, -0.05) is 0 Å². The second kappa shape index (κ2) is 7.23. The van der Waals surface area contributed by atoms with Crippen LogP contribution in [0.25, 0.3) is 0 Å². The van der Waals surface area contributed by atoms with Crippen molar-refractivity contribution in [2.24, 2.45) is 0 Å². The van der Waals surface area contributed by atoms with Gasteiger partial charge in [0.2, 0.25) is 5.89 Å². The minimum atomic E-state index is 0.584. The number of fused-ring (bicyclic) bond motifs is 1. The summed E-state index contributed by atoms with van der Waals surface area (Å²) >= 11 is 0. The summed E-state index contributed by atoms with van der Waals surface area (Å²) in [5, 5.41) is 0. The summed E-state index contributed by atoms with van der Waals surface area (Å²) in [6.45, 7) is 5.11. The summed E-state index contributed by atoms with van der Waals surface area (Å²) in [4.78, 5) is 18.7. The molecule has 1 aliphatic heterocycles. The van der Waals surface area contributed by atoms with Crippen molar-refractivity contribution in [2.75, 3.05) is 18.0 Å². The lowest BCUT2D eigenvalue weighted by molar-refractivity contribution is 0.183. The number of nitrogens with zero attached hydrogens (tertiary/aromatic N) is 5. The maximum Gasteiger partial charge on any atom is 0.208 e. The van der Waals surface area contributed by atoms with Crippen molar-refractivity contribution in [3.05, 3.63) is 35.4 Å². The highest BCUT2D eigenvalue weighted by molar-refractivity contribution is 5.43. The molecule has 0 amide bonds. The predicted molar refractivity (Wildman–Crippen MR) is 104 cm³/mol. The zero-order chi connectivity index (χ0) is 18.2. The van der Waals surface area contributed by atoms with Crippen molar-refractivity contribution < 1.29 is 4.42 Å². The molecule has 3 heterocycles. The van der Waals surface area contributed by atoms with Crippen LogP contribution in [0.2, 0.25) is 0 Å². The monoisotopic (exact) mass is 367 g/mol. The highest BCUT2D eigenvalue weighted by Crippen LogP contribution is 2.35. The van der Waals surface area contributed by atoms with E-state index >= 15 is 0 Å². The lowest BCUT2D eigenvalue weighted by Crippen LogP contribution is -2.46. The largest absolute Gasteiger partial charge is 0.444 e. The van der Waals surface area contributed by atoms with E-state index in [1.807, 2.05) is 0 Å². The number of rotatable bonds is 5. The second-order valence-corrected chi connectivity index (χ2v) is 8.35. The Bertz CT molecular complexity index is 768. The SMILES string of the molecule is Cc1cc(N(C2CC2)C2CCN(Cc3nc4c(o3)CCCC4)CC2)ncn1. The Balaban J connectivity index is 1.22. The van der Waals surface area contributed by atoms with Crippen LogP contribution in [0, 0.1) is 6.92 Å². The molecule has 2 aromatic rings. The molecule has 2 aliphatic carbocycles. The van der Waals surface area contributed by atoms with Gasteiger partial charge in [0.1, 0.15) is 17.9 Å².